The van der Waals surface area contributed by atoms with Gasteiger partial charge in [0.15, 0.2) is 11.6 Å². The Balaban J connectivity index is 1.52. The number of anilines is 3. The minimum absolute atomic E-state index is 0.244. The van der Waals surface area contributed by atoms with Gasteiger partial charge in [0, 0.05) is 18.2 Å². The Labute approximate surface area is 165 Å². The Morgan fingerprint density at radius 1 is 1.18 bits per heavy atom. The predicted octanol–water partition coefficient (Wildman–Crippen LogP) is 3.22. The number of carbonyl (C=O) groups is 1. The van der Waals surface area contributed by atoms with E-state index in [1.165, 1.54) is 12.7 Å². The first kappa shape index (κ1) is 18.5. The maximum Gasteiger partial charge on any atom is 0.269 e. The van der Waals surface area contributed by atoms with Crippen molar-refractivity contribution in [2.75, 3.05) is 22.6 Å². The maximum atomic E-state index is 12.3. The van der Waals surface area contributed by atoms with Gasteiger partial charge in [-0.25, -0.2) is 9.97 Å². The number of rotatable bonds is 4. The highest BCUT2D eigenvalue weighted by Gasteiger charge is 2.50. The first-order chi connectivity index (χ1) is 13.3. The molecule has 2 fully saturated rings. The van der Waals surface area contributed by atoms with E-state index in [-0.39, 0.29) is 11.3 Å². The highest BCUT2D eigenvalue weighted by molar-refractivity contribution is 5.95. The summed E-state index contributed by atoms with van der Waals surface area (Å²) >= 11 is 0. The van der Waals surface area contributed by atoms with Crippen LogP contribution < -0.4 is 21.5 Å². The van der Waals surface area contributed by atoms with Gasteiger partial charge in [-0.2, -0.15) is 0 Å². The number of fused-ring (bicyclic) bond motifs is 2. The third-order valence-corrected chi connectivity index (χ3v) is 5.88. The highest BCUT2D eigenvalue weighted by atomic mass is 16.2. The average molecular weight is 380 g/mol. The van der Waals surface area contributed by atoms with Gasteiger partial charge in [0.25, 0.3) is 5.91 Å². The molecule has 1 saturated carbocycles. The zero-order valence-electron chi connectivity index (χ0n) is 16.7. The van der Waals surface area contributed by atoms with Crippen molar-refractivity contribution in [1.82, 2.24) is 15.4 Å². The zero-order valence-corrected chi connectivity index (χ0v) is 16.7. The standard InChI is InChI=1S/C21H28N6O/c1-20(2)9-15-10-21(3,11-20)12-27(15)18-16(22)17(23-13-24-18)25-26-19(28)14-7-5-4-6-8-14/h4-8,13,15H,9-12,22H2,1-3H3,(H,26,28)(H,23,24,25). The largest absolute Gasteiger partial charge is 0.393 e. The molecule has 7 heteroatoms. The quantitative estimate of drug-likeness (QED) is 0.705. The molecule has 4 rings (SSSR count). The van der Waals surface area contributed by atoms with E-state index < -0.39 is 0 Å². The molecule has 2 unspecified atom stereocenters. The third kappa shape index (κ3) is 3.48. The molecule has 2 aliphatic rings. The van der Waals surface area contributed by atoms with Crippen molar-refractivity contribution in [3.8, 4) is 0 Å². The van der Waals surface area contributed by atoms with Gasteiger partial charge in [0.1, 0.15) is 12.0 Å². The fourth-order valence-corrected chi connectivity index (χ4v) is 5.20. The fourth-order valence-electron chi connectivity index (χ4n) is 5.20. The minimum Gasteiger partial charge on any atom is -0.393 e. The molecule has 2 aromatic rings. The SMILES string of the molecule is CC1(C)CC2CC(C)(CN2c2ncnc(NNC(=O)c3ccccc3)c2N)C1. The van der Waals surface area contributed by atoms with Crippen LogP contribution in [0.4, 0.5) is 17.3 Å². The van der Waals surface area contributed by atoms with Crippen LogP contribution >= 0.6 is 0 Å². The number of benzene rings is 1. The van der Waals surface area contributed by atoms with Gasteiger partial charge in [-0.15, -0.1) is 0 Å². The molecule has 0 spiro atoms. The predicted molar refractivity (Wildman–Crippen MR) is 111 cm³/mol. The van der Waals surface area contributed by atoms with Crippen LogP contribution in [0.2, 0.25) is 0 Å². The number of carbonyl (C=O) groups excluding carboxylic acids is 1. The van der Waals surface area contributed by atoms with E-state index in [9.17, 15) is 4.79 Å². The second kappa shape index (κ2) is 6.65. The molecular formula is C21H28N6O. The number of hydrogen-bond acceptors (Lipinski definition) is 6. The van der Waals surface area contributed by atoms with Crippen LogP contribution in [-0.4, -0.2) is 28.5 Å². The second-order valence-corrected chi connectivity index (χ2v) is 9.25. The van der Waals surface area contributed by atoms with Crippen LogP contribution in [0.5, 0.6) is 0 Å². The van der Waals surface area contributed by atoms with Crippen LogP contribution in [0.3, 0.4) is 0 Å². The Morgan fingerprint density at radius 2 is 1.93 bits per heavy atom. The Hall–Kier alpha value is -2.83. The normalized spacial score (nSPS) is 25.4. The molecule has 2 heterocycles. The molecule has 1 aliphatic carbocycles. The molecule has 4 N–H and O–H groups in total. The molecule has 1 aromatic heterocycles. The second-order valence-electron chi connectivity index (χ2n) is 9.25. The summed E-state index contributed by atoms with van der Waals surface area (Å²) in [5.74, 6) is 0.921. The lowest BCUT2D eigenvalue weighted by atomic mass is 9.65. The van der Waals surface area contributed by atoms with E-state index in [0.29, 0.717) is 28.5 Å². The molecule has 28 heavy (non-hydrogen) atoms. The summed E-state index contributed by atoms with van der Waals surface area (Å²) in [4.78, 5) is 23.3. The fraction of sp³-hybridized carbons (Fsp3) is 0.476. The molecular weight excluding hydrogens is 352 g/mol. The Morgan fingerprint density at radius 3 is 2.68 bits per heavy atom. The first-order valence-electron chi connectivity index (χ1n) is 9.75. The monoisotopic (exact) mass is 380 g/mol. The number of nitrogen functional groups attached to an aromatic ring is 1. The number of hydrogen-bond donors (Lipinski definition) is 3. The molecule has 1 aromatic carbocycles. The van der Waals surface area contributed by atoms with Gasteiger partial charge < -0.3 is 10.6 Å². The van der Waals surface area contributed by atoms with E-state index in [1.54, 1.807) is 12.1 Å². The van der Waals surface area contributed by atoms with Crippen LogP contribution in [0.15, 0.2) is 36.7 Å². The summed E-state index contributed by atoms with van der Waals surface area (Å²) in [6.07, 6.45) is 4.99. The molecule has 1 amide bonds. The smallest absolute Gasteiger partial charge is 0.269 e. The van der Waals surface area contributed by atoms with Crippen LogP contribution in [0.1, 0.15) is 50.4 Å². The molecule has 7 nitrogen and oxygen atoms in total. The number of nitrogens with zero attached hydrogens (tertiary/aromatic N) is 3. The van der Waals surface area contributed by atoms with E-state index in [4.69, 9.17) is 5.73 Å². The number of nitrogens with two attached hydrogens (primary N) is 1. The summed E-state index contributed by atoms with van der Waals surface area (Å²) in [6.45, 7) is 7.99. The topological polar surface area (TPSA) is 96.2 Å². The molecule has 148 valence electrons. The molecule has 2 bridgehead atoms. The van der Waals surface area contributed by atoms with Gasteiger partial charge in [-0.3, -0.25) is 15.6 Å². The zero-order chi connectivity index (χ0) is 19.9. The van der Waals surface area contributed by atoms with Gasteiger partial charge in [-0.1, -0.05) is 39.0 Å². The lowest BCUT2D eigenvalue weighted by Crippen LogP contribution is -2.35. The van der Waals surface area contributed by atoms with E-state index >= 15 is 0 Å². The van der Waals surface area contributed by atoms with Crippen molar-refractivity contribution in [2.24, 2.45) is 10.8 Å². The minimum atomic E-state index is -0.244. The Bertz CT molecular complexity index is 884. The third-order valence-electron chi connectivity index (χ3n) is 5.88. The maximum absolute atomic E-state index is 12.3. The van der Waals surface area contributed by atoms with Crippen molar-refractivity contribution in [2.45, 2.75) is 46.1 Å². The first-order valence-corrected chi connectivity index (χ1v) is 9.75. The molecule has 1 aliphatic heterocycles. The molecule has 0 radical (unpaired) electrons. The highest BCUT2D eigenvalue weighted by Crippen LogP contribution is 2.53. The summed E-state index contributed by atoms with van der Waals surface area (Å²) in [5.41, 5.74) is 13.5. The molecule has 2 atom stereocenters. The van der Waals surface area contributed by atoms with E-state index in [2.05, 4.69) is 46.5 Å². The van der Waals surface area contributed by atoms with E-state index in [0.717, 1.165) is 25.2 Å². The van der Waals surface area contributed by atoms with E-state index in [1.807, 2.05) is 18.2 Å². The lowest BCUT2D eigenvalue weighted by Gasteiger charge is -2.39. The van der Waals surface area contributed by atoms with Crippen molar-refractivity contribution in [3.05, 3.63) is 42.2 Å². The number of hydrazine groups is 1. The number of nitrogens with one attached hydrogen (secondary N) is 2. The van der Waals surface area contributed by atoms with Crippen molar-refractivity contribution < 1.29 is 4.79 Å². The summed E-state index contributed by atoms with van der Waals surface area (Å²) in [7, 11) is 0. The summed E-state index contributed by atoms with van der Waals surface area (Å²) < 4.78 is 0. The van der Waals surface area contributed by atoms with Gasteiger partial charge in [-0.05, 0) is 42.2 Å². The number of amides is 1. The lowest BCUT2D eigenvalue weighted by molar-refractivity contribution is 0.0962. The van der Waals surface area contributed by atoms with Gasteiger partial charge >= 0.3 is 0 Å². The van der Waals surface area contributed by atoms with Gasteiger partial charge in [0.2, 0.25) is 0 Å². The van der Waals surface area contributed by atoms with Crippen molar-refractivity contribution >= 4 is 23.2 Å². The van der Waals surface area contributed by atoms with Crippen LogP contribution in [-0.2, 0) is 0 Å². The van der Waals surface area contributed by atoms with Crippen LogP contribution in [0, 0.1) is 10.8 Å². The number of aromatic nitrogens is 2. The Kier molecular flexibility index (Phi) is 4.40. The average Bonchev–Trinajstić information content (AvgIpc) is 2.90. The summed E-state index contributed by atoms with van der Waals surface area (Å²) in [5, 5.41) is 0. The summed E-state index contributed by atoms with van der Waals surface area (Å²) in [6, 6.07) is 9.43. The van der Waals surface area contributed by atoms with Crippen molar-refractivity contribution in [3.63, 3.8) is 0 Å². The van der Waals surface area contributed by atoms with Gasteiger partial charge in [0.05, 0.1) is 0 Å². The molecule has 1 saturated heterocycles. The van der Waals surface area contributed by atoms with Crippen LogP contribution in [0.25, 0.3) is 0 Å². The van der Waals surface area contributed by atoms with Crippen molar-refractivity contribution in [1.29, 1.82) is 0 Å².